The Morgan fingerprint density at radius 2 is 1.84 bits per heavy atom. The van der Waals surface area contributed by atoms with Crippen molar-refractivity contribution in [3.8, 4) is 17.2 Å². The van der Waals surface area contributed by atoms with Gasteiger partial charge in [-0.05, 0) is 43.3 Å². The van der Waals surface area contributed by atoms with Crippen molar-refractivity contribution in [3.63, 3.8) is 0 Å². The lowest BCUT2D eigenvalue weighted by Gasteiger charge is -2.17. The van der Waals surface area contributed by atoms with Gasteiger partial charge in [0.15, 0.2) is 5.69 Å². The Bertz CT molecular complexity index is 1770. The molecule has 1 fully saturated rings. The molecule has 1 N–H and O–H groups in total. The average molecular weight is 617 g/mol. The third-order valence-corrected chi connectivity index (χ3v) is 7.43. The van der Waals surface area contributed by atoms with Gasteiger partial charge in [-0.15, -0.1) is 24.5 Å². The van der Waals surface area contributed by atoms with Gasteiger partial charge in [0, 0.05) is 35.5 Å². The summed E-state index contributed by atoms with van der Waals surface area (Å²) >= 11 is 0.976. The fourth-order valence-corrected chi connectivity index (χ4v) is 5.52. The van der Waals surface area contributed by atoms with Crippen LogP contribution in [0.4, 0.5) is 23.9 Å². The first-order valence-corrected chi connectivity index (χ1v) is 13.7. The fraction of sp³-hybridized carbons (Fsp3) is 0.250. The summed E-state index contributed by atoms with van der Waals surface area (Å²) in [5.41, 5.74) is -0.375. The van der Waals surface area contributed by atoms with Crippen LogP contribution in [0, 0.1) is 5.92 Å². The Morgan fingerprint density at radius 1 is 1.09 bits per heavy atom. The van der Waals surface area contributed by atoms with Crippen molar-refractivity contribution in [2.75, 3.05) is 30.5 Å². The third-order valence-electron chi connectivity index (χ3n) is 6.53. The van der Waals surface area contributed by atoms with Crippen molar-refractivity contribution in [2.24, 2.45) is 5.92 Å². The molecule has 4 aromatic rings. The van der Waals surface area contributed by atoms with E-state index in [1.165, 1.54) is 17.4 Å². The van der Waals surface area contributed by atoms with Crippen LogP contribution < -0.4 is 25.2 Å². The SMILES string of the molecule is CCOC(=O)c1nn(-c2ccc(OC(F)(F)F)cc2)c(=O)c2c(NC(=O)C3CC(=O)N(c4cccc(OC)c4)C3)scc12. The molecule has 5 rings (SSSR count). The summed E-state index contributed by atoms with van der Waals surface area (Å²) in [4.78, 5) is 54.0. The highest BCUT2D eigenvalue weighted by atomic mass is 32.1. The first-order valence-electron chi connectivity index (χ1n) is 12.8. The highest BCUT2D eigenvalue weighted by molar-refractivity contribution is 7.16. The van der Waals surface area contributed by atoms with Crippen molar-refractivity contribution in [2.45, 2.75) is 19.7 Å². The van der Waals surface area contributed by atoms with E-state index in [2.05, 4.69) is 15.2 Å². The zero-order chi connectivity index (χ0) is 30.9. The lowest BCUT2D eigenvalue weighted by Crippen LogP contribution is -2.29. The molecule has 1 atom stereocenters. The van der Waals surface area contributed by atoms with Gasteiger partial charge in [-0.3, -0.25) is 14.4 Å². The molecule has 3 heterocycles. The maximum absolute atomic E-state index is 13.6. The molecule has 1 saturated heterocycles. The minimum Gasteiger partial charge on any atom is -0.497 e. The molecule has 1 aliphatic heterocycles. The highest BCUT2D eigenvalue weighted by Crippen LogP contribution is 2.33. The van der Waals surface area contributed by atoms with E-state index in [0.29, 0.717) is 11.4 Å². The maximum atomic E-state index is 13.6. The molecule has 0 bridgehead atoms. The summed E-state index contributed by atoms with van der Waals surface area (Å²) in [5, 5.41) is 8.49. The molecule has 0 saturated carbocycles. The second-order valence-corrected chi connectivity index (χ2v) is 10.2. The quantitative estimate of drug-likeness (QED) is 0.286. The summed E-state index contributed by atoms with van der Waals surface area (Å²) in [6, 6.07) is 11.2. The number of esters is 1. The number of fused-ring (bicyclic) bond motifs is 1. The normalized spacial score (nSPS) is 15.0. The lowest BCUT2D eigenvalue weighted by molar-refractivity contribution is -0.274. The minimum atomic E-state index is -4.91. The van der Waals surface area contributed by atoms with E-state index in [1.54, 1.807) is 31.2 Å². The van der Waals surface area contributed by atoms with Gasteiger partial charge in [-0.25, -0.2) is 4.79 Å². The second kappa shape index (κ2) is 11.8. The number of hydrogen-bond donors (Lipinski definition) is 1. The van der Waals surface area contributed by atoms with Crippen LogP contribution in [0.5, 0.6) is 11.5 Å². The summed E-state index contributed by atoms with van der Waals surface area (Å²) in [6.07, 6.45) is -4.98. The number of nitrogens with one attached hydrogen (secondary N) is 1. The molecule has 15 heteroatoms. The second-order valence-electron chi connectivity index (χ2n) is 9.28. The molecule has 11 nitrogen and oxygen atoms in total. The zero-order valence-electron chi connectivity index (χ0n) is 22.6. The minimum absolute atomic E-state index is 0.0117. The molecule has 43 heavy (non-hydrogen) atoms. The van der Waals surface area contributed by atoms with Crippen LogP contribution in [0.25, 0.3) is 16.5 Å². The number of methoxy groups -OCH3 is 1. The van der Waals surface area contributed by atoms with Crippen LogP contribution in [0.2, 0.25) is 0 Å². The van der Waals surface area contributed by atoms with E-state index in [-0.39, 0.29) is 52.6 Å². The number of amides is 2. The van der Waals surface area contributed by atoms with Crippen molar-refractivity contribution >= 4 is 50.6 Å². The Morgan fingerprint density at radius 3 is 2.51 bits per heavy atom. The first-order chi connectivity index (χ1) is 20.5. The van der Waals surface area contributed by atoms with Crippen molar-refractivity contribution in [3.05, 3.63) is 70.0 Å². The van der Waals surface area contributed by atoms with E-state index >= 15 is 0 Å². The van der Waals surface area contributed by atoms with E-state index < -0.39 is 35.5 Å². The molecule has 2 aromatic carbocycles. The van der Waals surface area contributed by atoms with Crippen LogP contribution in [0.1, 0.15) is 23.8 Å². The fourth-order valence-electron chi connectivity index (χ4n) is 4.58. The monoisotopic (exact) mass is 616 g/mol. The number of nitrogens with zero attached hydrogens (tertiary/aromatic N) is 3. The van der Waals surface area contributed by atoms with Crippen molar-refractivity contribution < 1.29 is 41.8 Å². The van der Waals surface area contributed by atoms with E-state index in [0.717, 1.165) is 40.3 Å². The van der Waals surface area contributed by atoms with Gasteiger partial charge in [0.25, 0.3) is 5.56 Å². The Labute approximate surface area is 245 Å². The smallest absolute Gasteiger partial charge is 0.497 e. The largest absolute Gasteiger partial charge is 0.573 e. The van der Waals surface area contributed by atoms with Crippen molar-refractivity contribution in [1.29, 1.82) is 0 Å². The number of rotatable bonds is 8. The van der Waals surface area contributed by atoms with E-state index in [4.69, 9.17) is 9.47 Å². The number of benzene rings is 2. The first kappa shape index (κ1) is 29.6. The van der Waals surface area contributed by atoms with Gasteiger partial charge in [-0.1, -0.05) is 6.07 Å². The topological polar surface area (TPSA) is 129 Å². The molecule has 0 aliphatic carbocycles. The van der Waals surface area contributed by atoms with Crippen LogP contribution in [0.3, 0.4) is 0 Å². The summed E-state index contributed by atoms with van der Waals surface area (Å²) in [7, 11) is 1.50. The number of alkyl halides is 3. The Balaban J connectivity index is 1.48. The Hall–Kier alpha value is -4.92. The predicted octanol–water partition coefficient (Wildman–Crippen LogP) is 4.52. The highest BCUT2D eigenvalue weighted by Gasteiger charge is 2.36. The van der Waals surface area contributed by atoms with E-state index in [9.17, 15) is 32.3 Å². The number of hydrogen-bond acceptors (Lipinski definition) is 9. The lowest BCUT2D eigenvalue weighted by atomic mass is 10.1. The number of halogens is 3. The molecule has 2 aromatic heterocycles. The molecular weight excluding hydrogens is 593 g/mol. The summed E-state index contributed by atoms with van der Waals surface area (Å²) in [6.45, 7) is 1.69. The molecule has 1 aliphatic rings. The van der Waals surface area contributed by atoms with Crippen molar-refractivity contribution in [1.82, 2.24) is 9.78 Å². The molecule has 0 radical (unpaired) electrons. The number of thiophene rings is 1. The molecule has 0 spiro atoms. The number of carbonyl (C=O) groups excluding carboxylic acids is 3. The number of ether oxygens (including phenoxy) is 3. The van der Waals surface area contributed by atoms with Gasteiger partial charge in [0.05, 0.1) is 30.7 Å². The van der Waals surface area contributed by atoms with Gasteiger partial charge in [0.1, 0.15) is 16.5 Å². The van der Waals surface area contributed by atoms with Crippen LogP contribution in [0.15, 0.2) is 58.7 Å². The van der Waals surface area contributed by atoms with Crippen LogP contribution >= 0.6 is 11.3 Å². The number of aromatic nitrogens is 2. The standard InChI is InChI=1S/C28H23F3N4O7S/c1-3-41-27(39)23-20-14-43-25(22(20)26(38)35(33-23)16-7-9-18(10-8-16)42-28(29,30)31)32-24(37)15-11-21(36)34(13-15)17-5-4-6-19(12-17)40-2/h4-10,12,14-15H,3,11,13H2,1-2H3,(H,32,37). The predicted molar refractivity (Wildman–Crippen MR) is 150 cm³/mol. The van der Waals surface area contributed by atoms with Gasteiger partial charge >= 0.3 is 12.3 Å². The maximum Gasteiger partial charge on any atom is 0.573 e. The molecule has 224 valence electrons. The van der Waals surface area contributed by atoms with Gasteiger partial charge in [-0.2, -0.15) is 9.78 Å². The average Bonchev–Trinajstić information content (AvgIpc) is 3.57. The number of anilines is 2. The Kier molecular flexibility index (Phi) is 8.08. The van der Waals surface area contributed by atoms with Crippen LogP contribution in [-0.4, -0.2) is 54.2 Å². The molecular formula is C28H23F3N4O7S. The van der Waals surface area contributed by atoms with Crippen LogP contribution in [-0.2, 0) is 14.3 Å². The molecule has 2 amide bonds. The molecule has 1 unspecified atom stereocenters. The zero-order valence-corrected chi connectivity index (χ0v) is 23.5. The summed E-state index contributed by atoms with van der Waals surface area (Å²) in [5.74, 6) is -2.34. The number of carbonyl (C=O) groups is 3. The van der Waals surface area contributed by atoms with Gasteiger partial charge in [0.2, 0.25) is 11.8 Å². The van der Waals surface area contributed by atoms with Gasteiger partial charge < -0.3 is 24.4 Å². The third kappa shape index (κ3) is 6.16. The summed E-state index contributed by atoms with van der Waals surface area (Å²) < 4.78 is 52.8. The van der Waals surface area contributed by atoms with E-state index in [1.807, 2.05) is 0 Å².